The summed E-state index contributed by atoms with van der Waals surface area (Å²) in [7, 11) is 0. The highest BCUT2D eigenvalue weighted by molar-refractivity contribution is 6.44. The van der Waals surface area contributed by atoms with E-state index in [4.69, 9.17) is 11.6 Å². The van der Waals surface area contributed by atoms with E-state index < -0.39 is 29.1 Å². The van der Waals surface area contributed by atoms with Crippen LogP contribution in [0.15, 0.2) is 42.5 Å². The minimum Gasteiger partial charge on any atom is -0.316 e. The summed E-state index contributed by atoms with van der Waals surface area (Å²) < 4.78 is 26.7. The summed E-state index contributed by atoms with van der Waals surface area (Å²) in [4.78, 5) is 23.3. The Hall–Kier alpha value is -2.47. The van der Waals surface area contributed by atoms with Crippen molar-refractivity contribution in [1.82, 2.24) is 0 Å². The van der Waals surface area contributed by atoms with Gasteiger partial charge < -0.3 is 10.6 Å². The van der Waals surface area contributed by atoms with Crippen LogP contribution in [0.4, 0.5) is 20.2 Å². The molecule has 0 atom stereocenters. The van der Waals surface area contributed by atoms with Crippen molar-refractivity contribution < 1.29 is 18.4 Å². The molecule has 0 aromatic heterocycles. The van der Waals surface area contributed by atoms with Gasteiger partial charge in [-0.3, -0.25) is 9.59 Å². The van der Waals surface area contributed by atoms with Crippen LogP contribution in [0.2, 0.25) is 5.02 Å². The van der Waals surface area contributed by atoms with Crippen molar-refractivity contribution in [3.05, 3.63) is 59.1 Å². The van der Waals surface area contributed by atoms with E-state index in [0.717, 1.165) is 18.2 Å². The normalized spacial score (nSPS) is 10.0. The average Bonchev–Trinajstić information content (AvgIpc) is 2.45. The van der Waals surface area contributed by atoms with E-state index in [0.29, 0.717) is 0 Å². The molecule has 2 N–H and O–H groups in total. The second-order valence-electron chi connectivity index (χ2n) is 3.98. The molecule has 0 fully saturated rings. The smallest absolute Gasteiger partial charge is 0.314 e. The van der Waals surface area contributed by atoms with Crippen molar-refractivity contribution >= 4 is 34.8 Å². The molecule has 0 unspecified atom stereocenters. The van der Waals surface area contributed by atoms with E-state index in [1.165, 1.54) is 12.1 Å². The van der Waals surface area contributed by atoms with Crippen LogP contribution < -0.4 is 10.6 Å². The summed E-state index contributed by atoms with van der Waals surface area (Å²) in [6.07, 6.45) is 0. The highest BCUT2D eigenvalue weighted by atomic mass is 35.5. The van der Waals surface area contributed by atoms with Crippen LogP contribution in [0.25, 0.3) is 0 Å². The Balaban J connectivity index is 2.10. The van der Waals surface area contributed by atoms with Crippen LogP contribution in [0.5, 0.6) is 0 Å². The van der Waals surface area contributed by atoms with Gasteiger partial charge in [0, 0.05) is 0 Å². The Kier molecular flexibility index (Phi) is 4.49. The number of anilines is 2. The molecule has 108 valence electrons. The standard InChI is InChI=1S/C14H9ClF2N2O2/c15-8-4-1-2-7-11(8)18-13(20)14(21)19-12-9(16)5-3-6-10(12)17/h1-7H,(H,18,20)(H,19,21). The Bertz CT molecular complexity index is 687. The van der Waals surface area contributed by atoms with Gasteiger partial charge in [-0.25, -0.2) is 8.78 Å². The largest absolute Gasteiger partial charge is 0.316 e. The summed E-state index contributed by atoms with van der Waals surface area (Å²) in [6.45, 7) is 0. The number of halogens is 3. The number of benzene rings is 2. The van der Waals surface area contributed by atoms with Crippen LogP contribution in [-0.2, 0) is 9.59 Å². The molecule has 0 aliphatic rings. The van der Waals surface area contributed by atoms with Gasteiger partial charge in [0.25, 0.3) is 0 Å². The summed E-state index contributed by atoms with van der Waals surface area (Å²) in [5, 5.41) is 4.35. The number of hydrogen-bond donors (Lipinski definition) is 2. The minimum absolute atomic E-state index is 0.216. The Morgan fingerprint density at radius 3 is 2.05 bits per heavy atom. The van der Waals surface area contributed by atoms with Crippen LogP contribution in [0, 0.1) is 11.6 Å². The third kappa shape index (κ3) is 3.55. The lowest BCUT2D eigenvalue weighted by Gasteiger charge is -2.08. The maximum absolute atomic E-state index is 13.4. The quantitative estimate of drug-likeness (QED) is 0.837. The van der Waals surface area contributed by atoms with Gasteiger partial charge in [-0.2, -0.15) is 0 Å². The van der Waals surface area contributed by atoms with E-state index >= 15 is 0 Å². The van der Waals surface area contributed by atoms with Crippen molar-refractivity contribution in [2.45, 2.75) is 0 Å². The molecule has 2 rings (SSSR count). The van der Waals surface area contributed by atoms with Crippen LogP contribution in [0.3, 0.4) is 0 Å². The first-order valence-corrected chi connectivity index (χ1v) is 6.17. The molecule has 4 nitrogen and oxygen atoms in total. The molecular formula is C14H9ClF2N2O2. The van der Waals surface area contributed by atoms with Gasteiger partial charge >= 0.3 is 11.8 Å². The van der Waals surface area contributed by atoms with Gasteiger partial charge in [-0.1, -0.05) is 29.8 Å². The maximum atomic E-state index is 13.4. The zero-order valence-electron chi connectivity index (χ0n) is 10.5. The molecule has 21 heavy (non-hydrogen) atoms. The number of para-hydroxylation sites is 2. The lowest BCUT2D eigenvalue weighted by molar-refractivity contribution is -0.133. The molecule has 2 amide bonds. The third-order valence-electron chi connectivity index (χ3n) is 2.53. The Labute approximate surface area is 123 Å². The Morgan fingerprint density at radius 2 is 1.43 bits per heavy atom. The van der Waals surface area contributed by atoms with Crippen molar-refractivity contribution in [2.75, 3.05) is 10.6 Å². The number of hydrogen-bond acceptors (Lipinski definition) is 2. The monoisotopic (exact) mass is 310 g/mol. The first-order chi connectivity index (χ1) is 9.99. The number of carbonyl (C=O) groups excluding carboxylic acids is 2. The van der Waals surface area contributed by atoms with Gasteiger partial charge in [0.2, 0.25) is 0 Å². The minimum atomic E-state index is -1.21. The van der Waals surface area contributed by atoms with E-state index in [2.05, 4.69) is 5.32 Å². The molecule has 0 heterocycles. The second kappa shape index (κ2) is 6.32. The molecule has 2 aromatic rings. The number of rotatable bonds is 2. The fourth-order valence-corrected chi connectivity index (χ4v) is 1.71. The second-order valence-corrected chi connectivity index (χ2v) is 4.39. The lowest BCUT2D eigenvalue weighted by atomic mass is 10.3. The van der Waals surface area contributed by atoms with Crippen LogP contribution in [-0.4, -0.2) is 11.8 Å². The molecule has 0 bridgehead atoms. The highest BCUT2D eigenvalue weighted by Crippen LogP contribution is 2.21. The predicted octanol–water partition coefficient (Wildman–Crippen LogP) is 3.20. The molecule has 0 aliphatic carbocycles. The molecule has 7 heteroatoms. The van der Waals surface area contributed by atoms with Gasteiger partial charge in [-0.15, -0.1) is 0 Å². The fraction of sp³-hybridized carbons (Fsp3) is 0. The van der Waals surface area contributed by atoms with Crippen LogP contribution >= 0.6 is 11.6 Å². The van der Waals surface area contributed by atoms with Crippen molar-refractivity contribution in [3.8, 4) is 0 Å². The highest BCUT2D eigenvalue weighted by Gasteiger charge is 2.18. The van der Waals surface area contributed by atoms with Gasteiger partial charge in [0.05, 0.1) is 10.7 Å². The third-order valence-corrected chi connectivity index (χ3v) is 2.86. The SMILES string of the molecule is O=C(Nc1ccccc1Cl)C(=O)Nc1c(F)cccc1F. The first-order valence-electron chi connectivity index (χ1n) is 5.80. The van der Waals surface area contributed by atoms with Gasteiger partial charge in [-0.05, 0) is 24.3 Å². The Morgan fingerprint density at radius 1 is 0.857 bits per heavy atom. The molecule has 2 aromatic carbocycles. The summed E-state index contributed by atoms with van der Waals surface area (Å²) in [6, 6.07) is 9.32. The summed E-state index contributed by atoms with van der Waals surface area (Å²) in [5.41, 5.74) is -0.467. The van der Waals surface area contributed by atoms with Gasteiger partial charge in [0.1, 0.15) is 17.3 Å². The van der Waals surface area contributed by atoms with Gasteiger partial charge in [0.15, 0.2) is 0 Å². The first kappa shape index (κ1) is 14.9. The maximum Gasteiger partial charge on any atom is 0.314 e. The van der Waals surface area contributed by atoms with Crippen molar-refractivity contribution in [3.63, 3.8) is 0 Å². The van der Waals surface area contributed by atoms with Crippen LogP contribution in [0.1, 0.15) is 0 Å². The van der Waals surface area contributed by atoms with E-state index in [1.54, 1.807) is 12.1 Å². The molecule has 0 saturated heterocycles. The zero-order chi connectivity index (χ0) is 15.4. The average molecular weight is 311 g/mol. The topological polar surface area (TPSA) is 58.2 Å². The lowest BCUT2D eigenvalue weighted by Crippen LogP contribution is -2.29. The van der Waals surface area contributed by atoms with Crippen molar-refractivity contribution in [2.24, 2.45) is 0 Å². The predicted molar refractivity (Wildman–Crippen MR) is 75.1 cm³/mol. The zero-order valence-corrected chi connectivity index (χ0v) is 11.2. The molecule has 0 radical (unpaired) electrons. The summed E-state index contributed by atoms with van der Waals surface area (Å²) >= 11 is 5.82. The van der Waals surface area contributed by atoms with E-state index in [1.807, 2.05) is 5.32 Å². The molecule has 0 saturated carbocycles. The number of carbonyl (C=O) groups is 2. The number of amides is 2. The van der Waals surface area contributed by atoms with E-state index in [-0.39, 0.29) is 10.7 Å². The van der Waals surface area contributed by atoms with Crippen molar-refractivity contribution in [1.29, 1.82) is 0 Å². The van der Waals surface area contributed by atoms with E-state index in [9.17, 15) is 18.4 Å². The fourth-order valence-electron chi connectivity index (χ4n) is 1.53. The molecule has 0 aliphatic heterocycles. The summed E-state index contributed by atoms with van der Waals surface area (Å²) in [5.74, 6) is -4.26. The number of nitrogens with one attached hydrogen (secondary N) is 2. The molecular weight excluding hydrogens is 302 g/mol. The molecule has 0 spiro atoms.